The fourth-order valence-corrected chi connectivity index (χ4v) is 2.15. The highest BCUT2D eigenvalue weighted by molar-refractivity contribution is 5.99. The van der Waals surface area contributed by atoms with Gasteiger partial charge in [-0.3, -0.25) is 14.9 Å². The average Bonchev–Trinajstić information content (AvgIpc) is 2.42. The number of piperidine rings is 1. The van der Waals surface area contributed by atoms with Crippen molar-refractivity contribution in [2.24, 2.45) is 0 Å². The van der Waals surface area contributed by atoms with Crippen molar-refractivity contribution < 1.29 is 39.5 Å². The molecule has 0 bridgehead atoms. The van der Waals surface area contributed by atoms with Gasteiger partial charge in [0.25, 0.3) is 5.91 Å². The largest absolute Gasteiger partial charge is 0.394 e. The summed E-state index contributed by atoms with van der Waals surface area (Å²) in [5.41, 5.74) is 0. The van der Waals surface area contributed by atoms with Crippen LogP contribution in [0.2, 0.25) is 0 Å². The molecule has 2 amide bonds. The highest BCUT2D eigenvalue weighted by atomic mass is 16.7. The molecule has 20 heavy (non-hydrogen) atoms. The van der Waals surface area contributed by atoms with Crippen LogP contribution >= 0.6 is 0 Å². The Hall–Kier alpha value is -1.10. The number of carbonyl (C=O) groups excluding carboxylic acids is 2. The SMILES string of the molecule is O=C1CCC(O[C@H]2O[C@H](CO)[C@H](O)[C@H](O)[C@H]2O)C(=O)N1. The molecule has 114 valence electrons. The first-order chi connectivity index (χ1) is 9.43. The number of amides is 2. The van der Waals surface area contributed by atoms with Crippen LogP contribution in [0.3, 0.4) is 0 Å². The van der Waals surface area contributed by atoms with Crippen molar-refractivity contribution in [3.63, 3.8) is 0 Å². The number of imide groups is 1. The summed E-state index contributed by atoms with van der Waals surface area (Å²) in [6, 6.07) is 0. The minimum Gasteiger partial charge on any atom is -0.394 e. The van der Waals surface area contributed by atoms with E-state index < -0.39 is 55.2 Å². The molecule has 2 saturated heterocycles. The molecule has 0 aromatic heterocycles. The first-order valence-electron chi connectivity index (χ1n) is 6.23. The summed E-state index contributed by atoms with van der Waals surface area (Å²) in [6.45, 7) is -0.583. The third kappa shape index (κ3) is 2.97. The van der Waals surface area contributed by atoms with Crippen molar-refractivity contribution >= 4 is 11.8 Å². The van der Waals surface area contributed by atoms with Gasteiger partial charge in [-0.15, -0.1) is 0 Å². The van der Waals surface area contributed by atoms with Crippen LogP contribution in [-0.4, -0.2) is 75.7 Å². The molecule has 0 aromatic rings. The van der Waals surface area contributed by atoms with Gasteiger partial charge < -0.3 is 29.9 Å². The zero-order chi connectivity index (χ0) is 14.9. The van der Waals surface area contributed by atoms with Gasteiger partial charge in [0.2, 0.25) is 5.91 Å². The Balaban J connectivity index is 2.01. The van der Waals surface area contributed by atoms with Crippen LogP contribution in [0.5, 0.6) is 0 Å². The van der Waals surface area contributed by atoms with Crippen LogP contribution in [0.1, 0.15) is 12.8 Å². The monoisotopic (exact) mass is 291 g/mol. The van der Waals surface area contributed by atoms with E-state index in [1.54, 1.807) is 0 Å². The second-order valence-corrected chi connectivity index (χ2v) is 4.77. The molecule has 2 heterocycles. The van der Waals surface area contributed by atoms with Gasteiger partial charge in [-0.05, 0) is 6.42 Å². The standard InChI is InChI=1S/C11H17NO8/c13-3-5-7(15)8(16)9(17)11(20-5)19-4-1-2-6(14)12-10(4)18/h4-5,7-9,11,13,15-17H,1-3H2,(H,12,14,18)/t4?,5-,7+,8+,9-,11+/m1/s1. The molecule has 6 atom stereocenters. The van der Waals surface area contributed by atoms with E-state index in [9.17, 15) is 24.9 Å². The topological polar surface area (TPSA) is 146 Å². The number of aliphatic hydroxyl groups is 4. The molecular weight excluding hydrogens is 274 g/mol. The maximum absolute atomic E-state index is 11.5. The van der Waals surface area contributed by atoms with E-state index in [0.29, 0.717) is 0 Å². The van der Waals surface area contributed by atoms with Crippen molar-refractivity contribution in [3.8, 4) is 0 Å². The van der Waals surface area contributed by atoms with Gasteiger partial charge in [0, 0.05) is 6.42 Å². The van der Waals surface area contributed by atoms with Crippen LogP contribution in [-0.2, 0) is 19.1 Å². The molecule has 2 rings (SSSR count). The number of ether oxygens (including phenoxy) is 2. The molecule has 2 aliphatic heterocycles. The number of nitrogens with one attached hydrogen (secondary N) is 1. The number of rotatable bonds is 3. The molecule has 0 aromatic carbocycles. The van der Waals surface area contributed by atoms with Gasteiger partial charge in [0.1, 0.15) is 30.5 Å². The number of hydrogen-bond acceptors (Lipinski definition) is 8. The lowest BCUT2D eigenvalue weighted by Gasteiger charge is -2.40. The molecule has 0 radical (unpaired) electrons. The summed E-state index contributed by atoms with van der Waals surface area (Å²) < 4.78 is 10.3. The summed E-state index contributed by atoms with van der Waals surface area (Å²) in [5.74, 6) is -1.07. The average molecular weight is 291 g/mol. The third-order valence-corrected chi connectivity index (χ3v) is 3.34. The summed E-state index contributed by atoms with van der Waals surface area (Å²) in [6.07, 6.45) is -7.91. The van der Waals surface area contributed by atoms with Crippen LogP contribution < -0.4 is 5.32 Å². The molecule has 9 nitrogen and oxygen atoms in total. The number of hydrogen-bond donors (Lipinski definition) is 5. The first-order valence-corrected chi connectivity index (χ1v) is 6.23. The predicted molar refractivity (Wildman–Crippen MR) is 61.0 cm³/mol. The smallest absolute Gasteiger partial charge is 0.255 e. The van der Waals surface area contributed by atoms with Gasteiger partial charge in [-0.25, -0.2) is 0 Å². The van der Waals surface area contributed by atoms with E-state index in [0.717, 1.165) is 0 Å². The van der Waals surface area contributed by atoms with E-state index >= 15 is 0 Å². The number of carbonyl (C=O) groups is 2. The van der Waals surface area contributed by atoms with Gasteiger partial charge in [0.15, 0.2) is 6.29 Å². The lowest BCUT2D eigenvalue weighted by molar-refractivity contribution is -0.309. The maximum Gasteiger partial charge on any atom is 0.255 e. The highest BCUT2D eigenvalue weighted by Gasteiger charge is 2.45. The van der Waals surface area contributed by atoms with Gasteiger partial charge in [-0.1, -0.05) is 0 Å². The van der Waals surface area contributed by atoms with Crippen molar-refractivity contribution in [3.05, 3.63) is 0 Å². The molecule has 0 saturated carbocycles. The Morgan fingerprint density at radius 1 is 1.20 bits per heavy atom. The Labute approximate surface area is 114 Å². The Morgan fingerprint density at radius 2 is 1.90 bits per heavy atom. The quantitative estimate of drug-likeness (QED) is 0.338. The van der Waals surface area contributed by atoms with Crippen molar-refractivity contribution in [1.82, 2.24) is 5.32 Å². The second kappa shape index (κ2) is 6.12. The molecule has 0 spiro atoms. The van der Waals surface area contributed by atoms with Gasteiger partial charge >= 0.3 is 0 Å². The minimum atomic E-state index is -1.57. The summed E-state index contributed by atoms with van der Waals surface area (Å²) in [4.78, 5) is 22.5. The maximum atomic E-state index is 11.5. The van der Waals surface area contributed by atoms with Gasteiger partial charge in [0.05, 0.1) is 6.61 Å². The van der Waals surface area contributed by atoms with E-state index in [1.807, 2.05) is 0 Å². The number of aliphatic hydroxyl groups excluding tert-OH is 4. The fraction of sp³-hybridized carbons (Fsp3) is 0.818. The minimum absolute atomic E-state index is 0.0911. The summed E-state index contributed by atoms with van der Waals surface area (Å²) in [5, 5.41) is 40.0. The van der Waals surface area contributed by atoms with Crippen LogP contribution in [0.4, 0.5) is 0 Å². The molecule has 2 fully saturated rings. The van der Waals surface area contributed by atoms with Gasteiger partial charge in [-0.2, -0.15) is 0 Å². The lowest BCUT2D eigenvalue weighted by Crippen LogP contribution is -2.60. The fourth-order valence-electron chi connectivity index (χ4n) is 2.15. The van der Waals surface area contributed by atoms with Crippen LogP contribution in [0, 0.1) is 0 Å². The molecular formula is C11H17NO8. The van der Waals surface area contributed by atoms with Crippen LogP contribution in [0.15, 0.2) is 0 Å². The highest BCUT2D eigenvalue weighted by Crippen LogP contribution is 2.24. The molecule has 0 aliphatic carbocycles. The Bertz CT molecular complexity index is 387. The lowest BCUT2D eigenvalue weighted by atomic mass is 9.99. The van der Waals surface area contributed by atoms with Crippen LogP contribution in [0.25, 0.3) is 0 Å². The molecule has 5 N–H and O–H groups in total. The zero-order valence-electron chi connectivity index (χ0n) is 10.5. The molecule has 9 heteroatoms. The Kier molecular flexibility index (Phi) is 4.68. The second-order valence-electron chi connectivity index (χ2n) is 4.77. The Morgan fingerprint density at radius 3 is 2.50 bits per heavy atom. The van der Waals surface area contributed by atoms with E-state index in [4.69, 9.17) is 14.6 Å². The summed E-state index contributed by atoms with van der Waals surface area (Å²) in [7, 11) is 0. The van der Waals surface area contributed by atoms with E-state index in [1.165, 1.54) is 0 Å². The van der Waals surface area contributed by atoms with E-state index in [-0.39, 0.29) is 12.8 Å². The van der Waals surface area contributed by atoms with Crippen molar-refractivity contribution in [1.29, 1.82) is 0 Å². The predicted octanol–water partition coefficient (Wildman–Crippen LogP) is -3.39. The third-order valence-electron chi connectivity index (χ3n) is 3.34. The summed E-state index contributed by atoms with van der Waals surface area (Å²) >= 11 is 0. The van der Waals surface area contributed by atoms with Crippen molar-refractivity contribution in [2.45, 2.75) is 49.7 Å². The normalized spacial score (nSPS) is 42.4. The van der Waals surface area contributed by atoms with Crippen molar-refractivity contribution in [2.75, 3.05) is 6.61 Å². The van der Waals surface area contributed by atoms with E-state index in [2.05, 4.69) is 5.32 Å². The molecule has 1 unspecified atom stereocenters. The first kappa shape index (κ1) is 15.3. The molecule has 2 aliphatic rings. The zero-order valence-corrected chi connectivity index (χ0v) is 10.5.